The van der Waals surface area contributed by atoms with E-state index in [1.807, 2.05) is 30.3 Å². The van der Waals surface area contributed by atoms with Crippen LogP contribution in [-0.4, -0.2) is 65.9 Å². The van der Waals surface area contributed by atoms with Gasteiger partial charge in [-0.15, -0.1) is 0 Å². The highest BCUT2D eigenvalue weighted by atomic mass is 16.5. The molecule has 2 fully saturated rings. The number of piperidine rings is 2. The lowest BCUT2D eigenvalue weighted by molar-refractivity contribution is -0.136. The number of amides is 3. The van der Waals surface area contributed by atoms with Gasteiger partial charge in [-0.3, -0.25) is 24.6 Å². The number of rotatable bonds is 9. The average molecular weight is 492 g/mol. The fourth-order valence-electron chi connectivity index (χ4n) is 5.32. The Balaban J connectivity index is 1.13. The second-order valence-corrected chi connectivity index (χ2v) is 9.75. The van der Waals surface area contributed by atoms with Gasteiger partial charge in [-0.25, -0.2) is 0 Å². The zero-order valence-corrected chi connectivity index (χ0v) is 20.5. The van der Waals surface area contributed by atoms with Gasteiger partial charge in [0.25, 0.3) is 5.91 Å². The van der Waals surface area contributed by atoms with Gasteiger partial charge < -0.3 is 14.4 Å². The molecular weight excluding hydrogens is 458 g/mol. The second-order valence-electron chi connectivity index (χ2n) is 9.75. The second kappa shape index (κ2) is 11.2. The number of benzene rings is 2. The summed E-state index contributed by atoms with van der Waals surface area (Å²) in [4.78, 5) is 40.7. The minimum absolute atomic E-state index is 0.167. The molecule has 1 unspecified atom stereocenters. The summed E-state index contributed by atoms with van der Waals surface area (Å²) < 4.78 is 12.1. The third kappa shape index (κ3) is 5.60. The quantitative estimate of drug-likeness (QED) is 0.429. The molecule has 2 aromatic rings. The zero-order valence-electron chi connectivity index (χ0n) is 20.5. The van der Waals surface area contributed by atoms with Crippen molar-refractivity contribution in [2.45, 2.75) is 57.3 Å². The van der Waals surface area contributed by atoms with E-state index in [0.29, 0.717) is 44.4 Å². The lowest BCUT2D eigenvalue weighted by Crippen LogP contribution is -2.52. The monoisotopic (exact) mass is 491 g/mol. The van der Waals surface area contributed by atoms with Crippen molar-refractivity contribution in [1.82, 2.24) is 15.1 Å². The summed E-state index contributed by atoms with van der Waals surface area (Å²) in [6.07, 6.45) is 4.08. The number of hydrogen-bond acceptors (Lipinski definition) is 6. The fraction of sp³-hybridized carbons (Fsp3) is 0.464. The topological polar surface area (TPSA) is 88.2 Å². The van der Waals surface area contributed by atoms with Crippen LogP contribution in [0, 0.1) is 0 Å². The lowest BCUT2D eigenvalue weighted by atomic mass is 10.0. The summed E-state index contributed by atoms with van der Waals surface area (Å²) in [5.74, 6) is -0.109. The highest BCUT2D eigenvalue weighted by molar-refractivity contribution is 6.05. The van der Waals surface area contributed by atoms with E-state index in [0.717, 1.165) is 30.8 Å². The van der Waals surface area contributed by atoms with Gasteiger partial charge in [0, 0.05) is 31.1 Å². The van der Waals surface area contributed by atoms with Crippen molar-refractivity contribution in [3.8, 4) is 5.75 Å². The van der Waals surface area contributed by atoms with Gasteiger partial charge in [0.15, 0.2) is 0 Å². The Morgan fingerprint density at radius 2 is 1.86 bits per heavy atom. The van der Waals surface area contributed by atoms with Crippen LogP contribution in [0.3, 0.4) is 0 Å². The average Bonchev–Trinajstić information content (AvgIpc) is 3.22. The molecule has 190 valence electrons. The van der Waals surface area contributed by atoms with E-state index in [-0.39, 0.29) is 18.2 Å². The molecule has 5 rings (SSSR count). The van der Waals surface area contributed by atoms with Crippen LogP contribution in [-0.2, 0) is 27.5 Å². The highest BCUT2D eigenvalue weighted by Crippen LogP contribution is 2.30. The van der Waals surface area contributed by atoms with E-state index in [4.69, 9.17) is 9.47 Å². The molecule has 8 heteroatoms. The predicted octanol–water partition coefficient (Wildman–Crippen LogP) is 2.90. The van der Waals surface area contributed by atoms with E-state index in [1.165, 1.54) is 18.4 Å². The van der Waals surface area contributed by atoms with Crippen molar-refractivity contribution in [1.29, 1.82) is 0 Å². The number of imide groups is 1. The first-order valence-electron chi connectivity index (χ1n) is 12.8. The minimum Gasteiger partial charge on any atom is -0.492 e. The number of carbonyl (C=O) groups is 3. The molecule has 3 heterocycles. The molecule has 0 aromatic heterocycles. The SMILES string of the molecule is O=C1CCC(N2Cc3cc(OC[C@H]4CCCCN4CCOCc4ccccc4)ccc3C2=O)C(=O)N1. The third-order valence-corrected chi connectivity index (χ3v) is 7.32. The predicted molar refractivity (Wildman–Crippen MR) is 133 cm³/mol. The molecule has 0 saturated carbocycles. The summed E-state index contributed by atoms with van der Waals surface area (Å²) in [6.45, 7) is 4.17. The molecule has 3 aliphatic rings. The van der Waals surface area contributed by atoms with Crippen LogP contribution in [0.4, 0.5) is 0 Å². The Labute approximate surface area is 211 Å². The maximum Gasteiger partial charge on any atom is 0.255 e. The molecule has 2 aromatic carbocycles. The summed E-state index contributed by atoms with van der Waals surface area (Å²) in [6, 6.07) is 15.5. The van der Waals surface area contributed by atoms with Gasteiger partial charge in [0.05, 0.1) is 13.2 Å². The molecule has 36 heavy (non-hydrogen) atoms. The maximum absolute atomic E-state index is 12.9. The van der Waals surface area contributed by atoms with Gasteiger partial charge in [0.2, 0.25) is 11.8 Å². The molecule has 2 atom stereocenters. The molecule has 8 nitrogen and oxygen atoms in total. The molecule has 0 bridgehead atoms. The zero-order chi connectivity index (χ0) is 24.9. The largest absolute Gasteiger partial charge is 0.492 e. The first-order chi connectivity index (χ1) is 17.6. The maximum atomic E-state index is 12.9. The van der Waals surface area contributed by atoms with E-state index < -0.39 is 11.9 Å². The Bertz CT molecular complexity index is 1110. The lowest BCUT2D eigenvalue weighted by Gasteiger charge is -2.35. The third-order valence-electron chi connectivity index (χ3n) is 7.32. The molecule has 0 aliphatic carbocycles. The number of ether oxygens (including phenoxy) is 2. The normalized spacial score (nSPS) is 22.4. The molecule has 2 saturated heterocycles. The van der Waals surface area contributed by atoms with Gasteiger partial charge in [-0.05, 0) is 55.1 Å². The summed E-state index contributed by atoms with van der Waals surface area (Å²) >= 11 is 0. The Kier molecular flexibility index (Phi) is 7.63. The smallest absolute Gasteiger partial charge is 0.255 e. The van der Waals surface area contributed by atoms with Crippen molar-refractivity contribution in [2.24, 2.45) is 0 Å². The molecular formula is C28H33N3O5. The number of hydrogen-bond donors (Lipinski definition) is 1. The van der Waals surface area contributed by atoms with Crippen molar-refractivity contribution < 1.29 is 23.9 Å². The summed E-state index contributed by atoms with van der Waals surface area (Å²) in [7, 11) is 0. The molecule has 3 aliphatic heterocycles. The number of likely N-dealkylation sites (tertiary alicyclic amines) is 1. The number of nitrogens with one attached hydrogen (secondary N) is 1. The van der Waals surface area contributed by atoms with E-state index in [1.54, 1.807) is 11.0 Å². The van der Waals surface area contributed by atoms with Gasteiger partial charge in [-0.1, -0.05) is 36.8 Å². The van der Waals surface area contributed by atoms with Crippen LogP contribution < -0.4 is 10.1 Å². The molecule has 0 spiro atoms. The number of fused-ring (bicyclic) bond motifs is 1. The number of carbonyl (C=O) groups excluding carboxylic acids is 3. The Morgan fingerprint density at radius 3 is 2.69 bits per heavy atom. The van der Waals surface area contributed by atoms with E-state index in [2.05, 4.69) is 22.3 Å². The molecule has 3 amide bonds. The van der Waals surface area contributed by atoms with Crippen molar-refractivity contribution in [3.63, 3.8) is 0 Å². The summed E-state index contributed by atoms with van der Waals surface area (Å²) in [5, 5.41) is 2.34. The van der Waals surface area contributed by atoms with Crippen LogP contribution in [0.25, 0.3) is 0 Å². The highest BCUT2D eigenvalue weighted by Gasteiger charge is 2.39. The van der Waals surface area contributed by atoms with Gasteiger partial charge in [0.1, 0.15) is 18.4 Å². The van der Waals surface area contributed by atoms with Crippen LogP contribution in [0.15, 0.2) is 48.5 Å². The minimum atomic E-state index is -0.605. The van der Waals surface area contributed by atoms with Crippen LogP contribution in [0.2, 0.25) is 0 Å². The van der Waals surface area contributed by atoms with Crippen molar-refractivity contribution in [2.75, 3.05) is 26.3 Å². The summed E-state index contributed by atoms with van der Waals surface area (Å²) in [5.41, 5.74) is 2.64. The standard InChI is InChI=1S/C28H33N3O5/c32-26-12-11-25(27(33)29-26)31-17-21-16-23(9-10-24(21)28(31)34)36-19-22-8-4-5-13-30(22)14-15-35-18-20-6-2-1-3-7-20/h1-3,6-7,9-10,16,22,25H,4-5,8,11-15,17-19H2,(H,29,32,33)/t22-,25?/m1/s1. The van der Waals surface area contributed by atoms with E-state index >= 15 is 0 Å². The first kappa shape index (κ1) is 24.5. The molecule has 0 radical (unpaired) electrons. The Morgan fingerprint density at radius 1 is 1.00 bits per heavy atom. The number of nitrogens with zero attached hydrogens (tertiary/aromatic N) is 2. The van der Waals surface area contributed by atoms with Crippen molar-refractivity contribution in [3.05, 3.63) is 65.2 Å². The van der Waals surface area contributed by atoms with Crippen LogP contribution in [0.5, 0.6) is 5.75 Å². The van der Waals surface area contributed by atoms with Crippen LogP contribution in [0.1, 0.15) is 53.6 Å². The fourth-order valence-corrected chi connectivity index (χ4v) is 5.32. The van der Waals surface area contributed by atoms with Crippen LogP contribution >= 0.6 is 0 Å². The van der Waals surface area contributed by atoms with E-state index in [9.17, 15) is 14.4 Å². The van der Waals surface area contributed by atoms with Gasteiger partial charge >= 0.3 is 0 Å². The Hall–Kier alpha value is -3.23. The van der Waals surface area contributed by atoms with Gasteiger partial charge in [-0.2, -0.15) is 0 Å². The van der Waals surface area contributed by atoms with Crippen molar-refractivity contribution >= 4 is 17.7 Å². The first-order valence-corrected chi connectivity index (χ1v) is 12.8. The molecule has 1 N–H and O–H groups in total.